The average molecular weight is 295 g/mol. The van der Waals surface area contributed by atoms with Crippen LogP contribution in [0, 0.1) is 5.92 Å². The molecule has 0 bridgehead atoms. The maximum absolute atomic E-state index is 12.2. The number of hydrogen-bond donors (Lipinski definition) is 1. The third kappa shape index (κ3) is 3.15. The molecule has 0 saturated carbocycles. The molecule has 4 nitrogen and oxygen atoms in total. The number of Topliss-reactive ketones (excluding diaryl/α,β-unsaturated/α-hetero) is 1. The fourth-order valence-corrected chi connectivity index (χ4v) is 3.99. The first-order valence-corrected chi connectivity index (χ1v) is 8.06. The van der Waals surface area contributed by atoms with Crippen molar-refractivity contribution in [2.75, 3.05) is 37.8 Å². The van der Waals surface area contributed by atoms with E-state index in [1.165, 1.54) is 12.8 Å². The molecule has 5 heteroatoms. The third-order valence-electron chi connectivity index (χ3n) is 3.73. The van der Waals surface area contributed by atoms with Gasteiger partial charge < -0.3 is 15.5 Å². The van der Waals surface area contributed by atoms with Crippen LogP contribution in [0.15, 0.2) is 6.07 Å². The quantitative estimate of drug-likeness (QED) is 0.849. The van der Waals surface area contributed by atoms with Gasteiger partial charge in [0.2, 0.25) is 0 Å². The molecule has 0 aliphatic carbocycles. The maximum Gasteiger partial charge on any atom is 0.177 e. The zero-order chi connectivity index (χ0) is 14.9. The topological polar surface area (TPSA) is 49.6 Å². The van der Waals surface area contributed by atoms with Crippen molar-refractivity contribution >= 4 is 27.8 Å². The first-order chi connectivity index (χ1) is 9.40. The van der Waals surface area contributed by atoms with Crippen molar-refractivity contribution in [3.8, 4) is 0 Å². The van der Waals surface area contributed by atoms with Gasteiger partial charge in [-0.3, -0.25) is 4.79 Å². The van der Waals surface area contributed by atoms with Gasteiger partial charge in [-0.1, -0.05) is 13.8 Å². The smallest absolute Gasteiger partial charge is 0.177 e. The number of hydrogen-bond acceptors (Lipinski definition) is 5. The monoisotopic (exact) mass is 295 g/mol. The summed E-state index contributed by atoms with van der Waals surface area (Å²) >= 11 is 1.56. The van der Waals surface area contributed by atoms with Crippen LogP contribution in [-0.4, -0.2) is 43.9 Å². The highest BCUT2D eigenvalue weighted by Crippen LogP contribution is 2.37. The molecule has 1 atom stereocenters. The minimum absolute atomic E-state index is 0.0000462. The van der Waals surface area contributed by atoms with Crippen molar-refractivity contribution in [3.63, 3.8) is 0 Å². The van der Waals surface area contributed by atoms with Gasteiger partial charge >= 0.3 is 0 Å². The molecule has 0 radical (unpaired) electrons. The number of nitrogens with two attached hydrogens (primary N) is 1. The molecule has 112 valence electrons. The number of nitrogen functional groups attached to an aromatic ring is 1. The van der Waals surface area contributed by atoms with Gasteiger partial charge in [0.15, 0.2) is 5.78 Å². The molecular weight excluding hydrogens is 270 g/mol. The van der Waals surface area contributed by atoms with Gasteiger partial charge in [-0.15, -0.1) is 11.3 Å². The number of ketones is 1. The van der Waals surface area contributed by atoms with Crippen molar-refractivity contribution in [1.82, 2.24) is 4.90 Å². The summed E-state index contributed by atoms with van der Waals surface area (Å²) in [7, 11) is 4.21. The zero-order valence-electron chi connectivity index (χ0n) is 12.8. The molecule has 1 fully saturated rings. The minimum atomic E-state index is -0.0000462. The number of likely N-dealkylation sites (N-methyl/N-ethyl adjacent to an activating group) is 1. The highest BCUT2D eigenvalue weighted by atomic mass is 32.1. The summed E-state index contributed by atoms with van der Waals surface area (Å²) in [5, 5.41) is 1.15. The van der Waals surface area contributed by atoms with Gasteiger partial charge in [0.1, 0.15) is 0 Å². The van der Waals surface area contributed by atoms with Crippen LogP contribution in [0.1, 0.15) is 36.4 Å². The number of carbonyl (C=O) groups excluding carboxylic acids is 1. The van der Waals surface area contributed by atoms with E-state index in [-0.39, 0.29) is 11.7 Å². The molecule has 1 saturated heterocycles. The molecule has 2 rings (SSSR count). The van der Waals surface area contributed by atoms with Crippen molar-refractivity contribution in [2.45, 2.75) is 32.7 Å². The zero-order valence-corrected chi connectivity index (χ0v) is 13.7. The van der Waals surface area contributed by atoms with E-state index in [9.17, 15) is 4.79 Å². The van der Waals surface area contributed by atoms with Gasteiger partial charge in [-0.05, 0) is 33.0 Å². The first-order valence-electron chi connectivity index (χ1n) is 7.25. The lowest BCUT2D eigenvalue weighted by molar-refractivity contribution is 0.0944. The third-order valence-corrected chi connectivity index (χ3v) is 4.93. The number of rotatable bonds is 5. The van der Waals surface area contributed by atoms with Gasteiger partial charge in [-0.25, -0.2) is 0 Å². The fraction of sp³-hybridized carbons (Fsp3) is 0.667. The Morgan fingerprint density at radius 2 is 2.25 bits per heavy atom. The number of carbonyl (C=O) groups is 1. The van der Waals surface area contributed by atoms with Crippen LogP contribution in [-0.2, 0) is 0 Å². The van der Waals surface area contributed by atoms with Crippen LogP contribution in [0.5, 0.6) is 0 Å². The predicted octanol–water partition coefficient (Wildman–Crippen LogP) is 2.70. The molecule has 1 aromatic heterocycles. The summed E-state index contributed by atoms with van der Waals surface area (Å²) in [5.41, 5.74) is 6.69. The number of thiophene rings is 1. The Bertz CT molecular complexity index is 481. The van der Waals surface area contributed by atoms with Crippen molar-refractivity contribution in [3.05, 3.63) is 10.9 Å². The molecule has 1 aromatic rings. The van der Waals surface area contributed by atoms with E-state index in [1.54, 1.807) is 11.3 Å². The second kappa shape index (κ2) is 6.14. The normalized spacial score (nSPS) is 19.3. The van der Waals surface area contributed by atoms with Crippen LogP contribution in [0.25, 0.3) is 0 Å². The number of anilines is 2. The van der Waals surface area contributed by atoms with Crippen molar-refractivity contribution in [2.24, 2.45) is 5.92 Å². The largest absolute Gasteiger partial charge is 0.397 e. The molecule has 1 aliphatic rings. The molecule has 0 spiro atoms. The fourth-order valence-electron chi connectivity index (χ4n) is 2.72. The molecule has 0 amide bonds. The van der Waals surface area contributed by atoms with Gasteiger partial charge in [-0.2, -0.15) is 0 Å². The lowest BCUT2D eigenvalue weighted by Gasteiger charge is -2.27. The molecule has 2 N–H and O–H groups in total. The molecule has 1 unspecified atom stereocenters. The summed E-state index contributed by atoms with van der Waals surface area (Å²) in [4.78, 5) is 17.5. The van der Waals surface area contributed by atoms with E-state index < -0.39 is 0 Å². The molecule has 20 heavy (non-hydrogen) atoms. The number of nitrogens with zero attached hydrogens (tertiary/aromatic N) is 2. The van der Waals surface area contributed by atoms with E-state index in [2.05, 4.69) is 23.9 Å². The maximum atomic E-state index is 12.2. The van der Waals surface area contributed by atoms with E-state index in [0.29, 0.717) is 11.7 Å². The summed E-state index contributed by atoms with van der Waals surface area (Å²) < 4.78 is 0. The Morgan fingerprint density at radius 3 is 2.85 bits per heavy atom. The molecule has 1 aliphatic heterocycles. The second-order valence-corrected chi connectivity index (χ2v) is 7.17. The average Bonchev–Trinajstić information content (AvgIpc) is 2.93. The van der Waals surface area contributed by atoms with Gasteiger partial charge in [0, 0.05) is 25.0 Å². The molecule has 0 aromatic carbocycles. The van der Waals surface area contributed by atoms with Crippen LogP contribution in [0.4, 0.5) is 10.7 Å². The van der Waals surface area contributed by atoms with Crippen LogP contribution in [0.2, 0.25) is 0 Å². The lowest BCUT2D eigenvalue weighted by Crippen LogP contribution is -2.37. The van der Waals surface area contributed by atoms with Gasteiger partial charge in [0.25, 0.3) is 0 Å². The summed E-state index contributed by atoms with van der Waals surface area (Å²) in [5.74, 6) is 0.155. The lowest BCUT2D eigenvalue weighted by atomic mass is 10.1. The predicted molar refractivity (Wildman–Crippen MR) is 86.8 cm³/mol. The summed E-state index contributed by atoms with van der Waals surface area (Å²) in [6, 6.07) is 2.51. The Labute approximate surface area is 125 Å². The van der Waals surface area contributed by atoms with E-state index >= 15 is 0 Å². The summed E-state index contributed by atoms with van der Waals surface area (Å²) in [6.07, 6.45) is 2.42. The van der Waals surface area contributed by atoms with Crippen molar-refractivity contribution in [1.29, 1.82) is 0 Å². The van der Waals surface area contributed by atoms with Crippen LogP contribution in [0.3, 0.4) is 0 Å². The first kappa shape index (κ1) is 15.3. The second-order valence-electron chi connectivity index (χ2n) is 6.14. The van der Waals surface area contributed by atoms with Crippen LogP contribution >= 0.6 is 11.3 Å². The highest BCUT2D eigenvalue weighted by molar-refractivity contribution is 7.18. The SMILES string of the molecule is CC(C)C(=O)c1sc(N2CCCC2CN(C)C)cc1N. The Hall–Kier alpha value is -1.07. The molecule has 2 heterocycles. The summed E-state index contributed by atoms with van der Waals surface area (Å²) in [6.45, 7) is 5.96. The van der Waals surface area contributed by atoms with Crippen molar-refractivity contribution < 1.29 is 4.79 Å². The Morgan fingerprint density at radius 1 is 1.55 bits per heavy atom. The standard InChI is InChI=1S/C15H25N3OS/c1-10(2)14(19)15-12(16)8-13(20-15)18-7-5-6-11(18)9-17(3)4/h8,10-11H,5-7,9,16H2,1-4H3. The van der Waals surface area contributed by atoms with E-state index in [0.717, 1.165) is 23.0 Å². The highest BCUT2D eigenvalue weighted by Gasteiger charge is 2.28. The minimum Gasteiger partial charge on any atom is -0.397 e. The Balaban J connectivity index is 2.21. The van der Waals surface area contributed by atoms with E-state index in [4.69, 9.17) is 5.73 Å². The van der Waals surface area contributed by atoms with Crippen LogP contribution < -0.4 is 10.6 Å². The van der Waals surface area contributed by atoms with E-state index in [1.807, 2.05) is 19.9 Å². The van der Waals surface area contributed by atoms with Gasteiger partial charge in [0.05, 0.1) is 15.6 Å². The molecular formula is C15H25N3OS. The Kier molecular flexibility index (Phi) is 4.70.